The van der Waals surface area contributed by atoms with E-state index in [-0.39, 0.29) is 30.3 Å². The summed E-state index contributed by atoms with van der Waals surface area (Å²) in [6.45, 7) is 6.44. The van der Waals surface area contributed by atoms with Gasteiger partial charge in [-0.2, -0.15) is 0 Å². The van der Waals surface area contributed by atoms with Crippen LogP contribution >= 0.6 is 0 Å². The van der Waals surface area contributed by atoms with Crippen LogP contribution in [0.1, 0.15) is 96.9 Å². The van der Waals surface area contributed by atoms with Crippen molar-refractivity contribution in [3.05, 3.63) is 29.6 Å². The van der Waals surface area contributed by atoms with E-state index in [2.05, 4.69) is 29.1 Å². The first-order chi connectivity index (χ1) is 13.8. The third-order valence-corrected chi connectivity index (χ3v) is 4.90. The molecular formula is C24H34N2O3. The highest BCUT2D eigenvalue weighted by atomic mass is 16.2. The molecule has 5 heteroatoms. The van der Waals surface area contributed by atoms with Crippen molar-refractivity contribution in [1.82, 2.24) is 10.3 Å². The smallest absolute Gasteiger partial charge is 0.217 e. The van der Waals surface area contributed by atoms with Crippen molar-refractivity contribution in [3.63, 3.8) is 0 Å². The van der Waals surface area contributed by atoms with Crippen LogP contribution in [0.15, 0.2) is 18.2 Å². The lowest BCUT2D eigenvalue weighted by Gasteiger charge is -2.31. The summed E-state index contributed by atoms with van der Waals surface area (Å²) in [7, 11) is 0. The molecule has 1 rings (SSSR count). The van der Waals surface area contributed by atoms with Crippen LogP contribution in [0, 0.1) is 11.8 Å². The van der Waals surface area contributed by atoms with Crippen molar-refractivity contribution < 1.29 is 14.4 Å². The normalized spacial score (nSPS) is 12.4. The maximum Gasteiger partial charge on any atom is 0.217 e. The van der Waals surface area contributed by atoms with Gasteiger partial charge in [0.05, 0.1) is 5.69 Å². The molecule has 0 aromatic carbocycles. The zero-order chi connectivity index (χ0) is 21.7. The number of amides is 1. The Kier molecular flexibility index (Phi) is 10.9. The molecule has 1 aromatic heterocycles. The third-order valence-electron chi connectivity index (χ3n) is 4.90. The van der Waals surface area contributed by atoms with Gasteiger partial charge in [0.25, 0.3) is 0 Å². The van der Waals surface area contributed by atoms with Gasteiger partial charge in [-0.3, -0.25) is 9.59 Å². The number of aromatic nitrogens is 1. The van der Waals surface area contributed by atoms with Gasteiger partial charge in [-0.05, 0) is 44.7 Å². The number of nitrogens with zero attached hydrogens (tertiary/aromatic N) is 1. The van der Waals surface area contributed by atoms with E-state index in [1.807, 2.05) is 0 Å². The first kappa shape index (κ1) is 24.6. The van der Waals surface area contributed by atoms with Gasteiger partial charge >= 0.3 is 0 Å². The van der Waals surface area contributed by atoms with E-state index >= 15 is 0 Å². The van der Waals surface area contributed by atoms with Crippen molar-refractivity contribution >= 4 is 17.5 Å². The van der Waals surface area contributed by atoms with Gasteiger partial charge < -0.3 is 10.1 Å². The fourth-order valence-corrected chi connectivity index (χ4v) is 3.25. The summed E-state index contributed by atoms with van der Waals surface area (Å²) in [4.78, 5) is 40.4. The third kappa shape index (κ3) is 8.60. The molecular weight excluding hydrogens is 364 g/mol. The fourth-order valence-electron chi connectivity index (χ4n) is 3.25. The van der Waals surface area contributed by atoms with Crippen molar-refractivity contribution in [2.45, 2.75) is 91.0 Å². The van der Waals surface area contributed by atoms with E-state index in [0.717, 1.165) is 12.8 Å². The second-order valence-corrected chi connectivity index (χ2v) is 7.57. The molecule has 0 aliphatic heterocycles. The molecule has 1 aromatic rings. The van der Waals surface area contributed by atoms with Crippen molar-refractivity contribution in [2.75, 3.05) is 0 Å². The summed E-state index contributed by atoms with van der Waals surface area (Å²) in [5, 5.41) is 2.74. The van der Waals surface area contributed by atoms with E-state index in [0.29, 0.717) is 11.4 Å². The fraction of sp³-hybridized carbons (Fsp3) is 0.583. The van der Waals surface area contributed by atoms with Gasteiger partial charge in [0, 0.05) is 19.8 Å². The molecule has 0 saturated heterocycles. The van der Waals surface area contributed by atoms with Crippen LogP contribution in [0.3, 0.4) is 0 Å². The van der Waals surface area contributed by atoms with Gasteiger partial charge in [-0.25, -0.2) is 4.98 Å². The summed E-state index contributed by atoms with van der Waals surface area (Å²) in [5.74, 6) is 5.58. The monoisotopic (exact) mass is 398 g/mol. The predicted octanol–water partition coefficient (Wildman–Crippen LogP) is 4.47. The average molecular weight is 399 g/mol. The summed E-state index contributed by atoms with van der Waals surface area (Å²) in [6, 6.07) is 5.28. The first-order valence-corrected chi connectivity index (χ1v) is 10.6. The number of rotatable bonds is 12. The molecule has 0 aliphatic carbocycles. The minimum absolute atomic E-state index is 0.0455. The Hall–Kier alpha value is -2.48. The quantitative estimate of drug-likeness (QED) is 0.416. The second-order valence-electron chi connectivity index (χ2n) is 7.57. The van der Waals surface area contributed by atoms with E-state index < -0.39 is 5.54 Å². The Morgan fingerprint density at radius 2 is 1.72 bits per heavy atom. The molecule has 0 saturated carbocycles. The number of nitrogens with one attached hydrogen (secondary N) is 1. The molecule has 0 spiro atoms. The van der Waals surface area contributed by atoms with Gasteiger partial charge in [0.1, 0.15) is 17.0 Å². The van der Waals surface area contributed by atoms with Gasteiger partial charge in [0.2, 0.25) is 5.91 Å². The highest BCUT2D eigenvalue weighted by Crippen LogP contribution is 2.27. The maximum atomic E-state index is 12.5. The molecule has 1 amide bonds. The van der Waals surface area contributed by atoms with Crippen LogP contribution < -0.4 is 5.32 Å². The number of Topliss-reactive ketones (excluding diaryl/α,β-unsaturated/α-hetero) is 2. The number of unbranched alkanes of at least 4 members (excludes halogenated alkanes) is 6. The van der Waals surface area contributed by atoms with Crippen LogP contribution in [-0.2, 0) is 19.9 Å². The number of hydrogen-bond donors (Lipinski definition) is 1. The summed E-state index contributed by atoms with van der Waals surface area (Å²) in [6.07, 6.45) is 8.48. The minimum Gasteiger partial charge on any atom is -0.339 e. The number of pyridine rings is 1. The molecule has 0 radical (unpaired) electrons. The van der Waals surface area contributed by atoms with Crippen LogP contribution in [-0.4, -0.2) is 22.5 Å². The highest BCUT2D eigenvalue weighted by molar-refractivity contribution is 5.92. The largest absolute Gasteiger partial charge is 0.339 e. The summed E-state index contributed by atoms with van der Waals surface area (Å²) in [5.41, 5.74) is -0.325. The Labute approximate surface area is 175 Å². The molecule has 0 fully saturated rings. The standard InChI is InChI=1S/C24H34N2O3/c1-5-6-7-8-9-10-11-12-14-22-15-13-16-23(25-22)24(20(3)28,26-21(4)29)18-17-19(2)27/h13,15-16H,5-11,17-18H2,1-4H3,(H,26,29). The van der Waals surface area contributed by atoms with Crippen molar-refractivity contribution in [1.29, 1.82) is 0 Å². The predicted molar refractivity (Wildman–Crippen MR) is 115 cm³/mol. The molecule has 1 N–H and O–H groups in total. The van der Waals surface area contributed by atoms with Crippen LogP contribution in [0.4, 0.5) is 0 Å². The molecule has 1 heterocycles. The Morgan fingerprint density at radius 1 is 1.03 bits per heavy atom. The van der Waals surface area contributed by atoms with E-state index in [9.17, 15) is 14.4 Å². The minimum atomic E-state index is -1.31. The second kappa shape index (κ2) is 12.9. The molecule has 1 unspecified atom stereocenters. The SMILES string of the molecule is CCCCCCCCC#Cc1cccc(C(CCC(C)=O)(NC(C)=O)C(C)=O)n1. The summed E-state index contributed by atoms with van der Waals surface area (Å²) >= 11 is 0. The lowest BCUT2D eigenvalue weighted by atomic mass is 9.84. The Balaban J connectivity index is 2.94. The van der Waals surface area contributed by atoms with Gasteiger partial charge in [-0.15, -0.1) is 0 Å². The number of hydrogen-bond acceptors (Lipinski definition) is 4. The molecule has 5 nitrogen and oxygen atoms in total. The van der Waals surface area contributed by atoms with E-state index in [4.69, 9.17) is 0 Å². The number of ketones is 2. The number of carbonyl (C=O) groups excluding carboxylic acids is 3. The van der Waals surface area contributed by atoms with Gasteiger partial charge in [0.15, 0.2) is 5.78 Å². The van der Waals surface area contributed by atoms with Crippen LogP contribution in [0.25, 0.3) is 0 Å². The van der Waals surface area contributed by atoms with Crippen molar-refractivity contribution in [2.24, 2.45) is 0 Å². The van der Waals surface area contributed by atoms with E-state index in [1.54, 1.807) is 18.2 Å². The lowest BCUT2D eigenvalue weighted by Crippen LogP contribution is -2.51. The topological polar surface area (TPSA) is 76.1 Å². The Morgan fingerprint density at radius 3 is 2.34 bits per heavy atom. The highest BCUT2D eigenvalue weighted by Gasteiger charge is 2.39. The molecule has 0 aliphatic rings. The van der Waals surface area contributed by atoms with Crippen LogP contribution in [0.2, 0.25) is 0 Å². The molecule has 158 valence electrons. The average Bonchev–Trinajstić information content (AvgIpc) is 2.67. The lowest BCUT2D eigenvalue weighted by molar-refractivity contribution is -0.131. The Bertz CT molecular complexity index is 761. The van der Waals surface area contributed by atoms with E-state index in [1.165, 1.54) is 52.9 Å². The molecule has 1 atom stereocenters. The van der Waals surface area contributed by atoms with Gasteiger partial charge in [-0.1, -0.05) is 51.0 Å². The van der Waals surface area contributed by atoms with Crippen LogP contribution in [0.5, 0.6) is 0 Å². The summed E-state index contributed by atoms with van der Waals surface area (Å²) < 4.78 is 0. The van der Waals surface area contributed by atoms with Crippen molar-refractivity contribution in [3.8, 4) is 11.8 Å². The first-order valence-electron chi connectivity index (χ1n) is 10.6. The molecule has 0 bridgehead atoms. The maximum absolute atomic E-state index is 12.5. The number of carbonyl (C=O) groups is 3. The zero-order valence-corrected chi connectivity index (χ0v) is 18.3. The molecule has 29 heavy (non-hydrogen) atoms. The zero-order valence-electron chi connectivity index (χ0n) is 18.3.